The average Bonchev–Trinajstić information content (AvgIpc) is 2.74. The van der Waals surface area contributed by atoms with Crippen molar-refractivity contribution in [2.24, 2.45) is 5.92 Å². The Bertz CT molecular complexity index is 661. The van der Waals surface area contributed by atoms with E-state index in [-0.39, 0.29) is 30.7 Å². The van der Waals surface area contributed by atoms with Crippen molar-refractivity contribution in [2.75, 3.05) is 13.2 Å². The second-order valence-electron chi connectivity index (χ2n) is 8.17. The number of unbranched alkanes of at least 4 members (excludes halogenated alkanes) is 4. The molecule has 2 saturated heterocycles. The molecular weight excluding hydrogens is 366 g/mol. The summed E-state index contributed by atoms with van der Waals surface area (Å²) < 4.78 is 11.2. The average molecular weight is 400 g/mol. The van der Waals surface area contributed by atoms with Crippen molar-refractivity contribution in [3.05, 3.63) is 48.6 Å². The van der Waals surface area contributed by atoms with E-state index in [0.717, 1.165) is 37.7 Å². The van der Waals surface area contributed by atoms with Gasteiger partial charge in [0.15, 0.2) is 0 Å². The van der Waals surface area contributed by atoms with Gasteiger partial charge in [-0.3, -0.25) is 9.69 Å². The summed E-state index contributed by atoms with van der Waals surface area (Å²) in [6.45, 7) is 4.99. The molecule has 0 N–H and O–H groups in total. The highest BCUT2D eigenvalue weighted by atomic mass is 16.6. The Balaban J connectivity index is 1.47. The van der Waals surface area contributed by atoms with Gasteiger partial charge in [0.1, 0.15) is 12.4 Å². The van der Waals surface area contributed by atoms with E-state index in [1.165, 1.54) is 0 Å². The molecular formula is C24H33NO4. The van der Waals surface area contributed by atoms with Gasteiger partial charge in [-0.05, 0) is 37.7 Å². The summed E-state index contributed by atoms with van der Waals surface area (Å²) in [4.78, 5) is 27.3. The molecule has 5 heteroatoms. The molecule has 2 fully saturated rings. The summed E-state index contributed by atoms with van der Waals surface area (Å²) in [7, 11) is 0. The van der Waals surface area contributed by atoms with Crippen LogP contribution in [0.5, 0.6) is 0 Å². The van der Waals surface area contributed by atoms with E-state index in [1.807, 2.05) is 41.3 Å². The van der Waals surface area contributed by atoms with Crippen LogP contribution in [0.4, 0.5) is 4.79 Å². The van der Waals surface area contributed by atoms with Crippen molar-refractivity contribution >= 4 is 11.9 Å². The van der Waals surface area contributed by atoms with Crippen molar-refractivity contribution in [2.45, 2.75) is 70.1 Å². The number of Topliss-reactive ketones (excluding diaryl/α,β-unsaturated/α-hetero) is 1. The number of benzene rings is 1. The van der Waals surface area contributed by atoms with E-state index in [0.29, 0.717) is 38.3 Å². The van der Waals surface area contributed by atoms with Gasteiger partial charge in [-0.25, -0.2) is 4.79 Å². The second kappa shape index (κ2) is 11.1. The first-order chi connectivity index (χ1) is 14.2. The largest absolute Gasteiger partial charge is 0.445 e. The molecule has 1 amide bonds. The minimum atomic E-state index is -0.291. The number of allylic oxidation sites excluding steroid dienone is 1. The number of hydrogen-bond acceptors (Lipinski definition) is 4. The molecule has 5 nitrogen and oxygen atoms in total. The van der Waals surface area contributed by atoms with Crippen molar-refractivity contribution in [1.29, 1.82) is 0 Å². The third kappa shape index (κ3) is 6.17. The molecule has 0 aliphatic carbocycles. The normalized spacial score (nSPS) is 23.4. The number of nitrogens with zero attached hydrogens (tertiary/aromatic N) is 1. The third-order valence-corrected chi connectivity index (χ3v) is 5.97. The van der Waals surface area contributed by atoms with E-state index in [2.05, 4.69) is 6.58 Å². The molecule has 2 atom stereocenters. The lowest BCUT2D eigenvalue weighted by Gasteiger charge is -2.47. The predicted molar refractivity (Wildman–Crippen MR) is 112 cm³/mol. The van der Waals surface area contributed by atoms with Crippen molar-refractivity contribution in [3.8, 4) is 0 Å². The topological polar surface area (TPSA) is 55.8 Å². The summed E-state index contributed by atoms with van der Waals surface area (Å²) in [6, 6.07) is 9.57. The van der Waals surface area contributed by atoms with Crippen LogP contribution in [-0.4, -0.2) is 42.1 Å². The van der Waals surface area contributed by atoms with Crippen LogP contribution >= 0.6 is 0 Å². The van der Waals surface area contributed by atoms with Crippen LogP contribution < -0.4 is 0 Å². The fourth-order valence-electron chi connectivity index (χ4n) is 4.42. The molecule has 2 aliphatic rings. The summed E-state index contributed by atoms with van der Waals surface area (Å²) >= 11 is 0. The number of amides is 1. The predicted octanol–water partition coefficient (Wildman–Crippen LogP) is 4.90. The molecule has 3 rings (SSSR count). The monoisotopic (exact) mass is 399 g/mol. The van der Waals surface area contributed by atoms with E-state index in [4.69, 9.17) is 9.47 Å². The fraction of sp³-hybridized carbons (Fsp3) is 0.583. The first-order valence-corrected chi connectivity index (χ1v) is 10.9. The van der Waals surface area contributed by atoms with Gasteiger partial charge >= 0.3 is 6.09 Å². The number of fused-ring (bicyclic) bond motifs is 2. The maximum atomic E-state index is 12.7. The van der Waals surface area contributed by atoms with Crippen LogP contribution in [0, 0.1) is 5.92 Å². The molecule has 2 bridgehead atoms. The van der Waals surface area contributed by atoms with Crippen molar-refractivity contribution < 1.29 is 19.1 Å². The third-order valence-electron chi connectivity index (χ3n) is 5.97. The fourth-order valence-corrected chi connectivity index (χ4v) is 4.42. The Labute approximate surface area is 174 Å². The molecule has 0 radical (unpaired) electrons. The van der Waals surface area contributed by atoms with E-state index < -0.39 is 0 Å². The lowest BCUT2D eigenvalue weighted by molar-refractivity contribution is -0.131. The molecule has 0 spiro atoms. The van der Waals surface area contributed by atoms with Gasteiger partial charge in [-0.2, -0.15) is 0 Å². The first kappa shape index (κ1) is 21.6. The summed E-state index contributed by atoms with van der Waals surface area (Å²) in [5.74, 6) is 0.392. The summed E-state index contributed by atoms with van der Waals surface area (Å²) in [5.41, 5.74) is 0.973. The number of piperidine rings is 1. The van der Waals surface area contributed by atoms with Crippen LogP contribution in [0.25, 0.3) is 0 Å². The van der Waals surface area contributed by atoms with E-state index >= 15 is 0 Å². The minimum absolute atomic E-state index is 0.0419. The standard InChI is InChI=1S/C24H33NO4/c1-2-3-4-5-6-10-13-23(26)20-14-21-17-28-18-22(15-20)25(21)24(27)29-16-19-11-8-7-9-12-19/h2,7-9,11-12,20-22H,1,3-6,10,13-18H2. The Morgan fingerprint density at radius 2 is 1.76 bits per heavy atom. The maximum Gasteiger partial charge on any atom is 0.410 e. The number of morpholine rings is 1. The highest BCUT2D eigenvalue weighted by Gasteiger charge is 2.44. The van der Waals surface area contributed by atoms with Gasteiger partial charge in [0, 0.05) is 12.3 Å². The SMILES string of the molecule is C=CCCCCCCC(=O)C1CC2COCC(C1)N2C(=O)OCc1ccccc1. The van der Waals surface area contributed by atoms with Crippen LogP contribution in [0.2, 0.25) is 0 Å². The van der Waals surface area contributed by atoms with Gasteiger partial charge < -0.3 is 9.47 Å². The summed E-state index contributed by atoms with van der Waals surface area (Å²) in [5, 5.41) is 0. The quantitative estimate of drug-likeness (QED) is 0.415. The number of ether oxygens (including phenoxy) is 2. The number of carbonyl (C=O) groups excluding carboxylic acids is 2. The van der Waals surface area contributed by atoms with Crippen LogP contribution in [0.1, 0.15) is 56.9 Å². The zero-order valence-corrected chi connectivity index (χ0v) is 17.3. The van der Waals surface area contributed by atoms with Crippen LogP contribution in [-0.2, 0) is 20.9 Å². The summed E-state index contributed by atoms with van der Waals surface area (Å²) in [6.07, 6.45) is 9.10. The molecule has 0 aromatic heterocycles. The molecule has 158 valence electrons. The van der Waals surface area contributed by atoms with E-state index in [9.17, 15) is 9.59 Å². The van der Waals surface area contributed by atoms with E-state index in [1.54, 1.807) is 0 Å². The highest BCUT2D eigenvalue weighted by molar-refractivity contribution is 5.81. The molecule has 2 aliphatic heterocycles. The van der Waals surface area contributed by atoms with Gasteiger partial charge in [0.05, 0.1) is 25.3 Å². The lowest BCUT2D eigenvalue weighted by Crippen LogP contribution is -2.59. The van der Waals surface area contributed by atoms with Gasteiger partial charge in [-0.15, -0.1) is 6.58 Å². The molecule has 1 aromatic rings. The molecule has 0 saturated carbocycles. The highest BCUT2D eigenvalue weighted by Crippen LogP contribution is 2.33. The Hall–Kier alpha value is -2.14. The Morgan fingerprint density at radius 3 is 2.45 bits per heavy atom. The lowest BCUT2D eigenvalue weighted by atomic mass is 9.81. The van der Waals surface area contributed by atoms with Crippen LogP contribution in [0.15, 0.2) is 43.0 Å². The number of rotatable bonds is 10. The molecule has 2 unspecified atom stereocenters. The maximum absolute atomic E-state index is 12.7. The minimum Gasteiger partial charge on any atom is -0.445 e. The van der Waals surface area contributed by atoms with Gasteiger partial charge in [-0.1, -0.05) is 49.2 Å². The smallest absolute Gasteiger partial charge is 0.410 e. The number of carbonyl (C=O) groups is 2. The molecule has 1 aromatic carbocycles. The Morgan fingerprint density at radius 1 is 1.07 bits per heavy atom. The molecule has 2 heterocycles. The van der Waals surface area contributed by atoms with Gasteiger partial charge in [0.25, 0.3) is 0 Å². The zero-order chi connectivity index (χ0) is 20.5. The van der Waals surface area contributed by atoms with Crippen LogP contribution in [0.3, 0.4) is 0 Å². The Kier molecular flexibility index (Phi) is 8.29. The zero-order valence-electron chi connectivity index (χ0n) is 17.3. The van der Waals surface area contributed by atoms with Crippen molar-refractivity contribution in [3.63, 3.8) is 0 Å². The molecule has 29 heavy (non-hydrogen) atoms. The second-order valence-corrected chi connectivity index (χ2v) is 8.17. The van der Waals surface area contributed by atoms with Crippen molar-refractivity contribution in [1.82, 2.24) is 4.90 Å². The number of ketones is 1. The van der Waals surface area contributed by atoms with Gasteiger partial charge in [0.2, 0.25) is 0 Å². The first-order valence-electron chi connectivity index (χ1n) is 10.9. The number of hydrogen-bond donors (Lipinski definition) is 0.